The normalized spacial score (nSPS) is 27.5. The Bertz CT molecular complexity index is 208. The van der Waals surface area contributed by atoms with Gasteiger partial charge in [-0.2, -0.15) is 0 Å². The van der Waals surface area contributed by atoms with Crippen molar-refractivity contribution in [2.45, 2.75) is 32.7 Å². The van der Waals surface area contributed by atoms with E-state index in [-0.39, 0.29) is 5.91 Å². The smallest absolute Gasteiger partial charge is 0.295 e. The molecule has 1 N–H and O–H groups in total. The summed E-state index contributed by atoms with van der Waals surface area (Å²) in [5.74, 6) is 3.28. The lowest BCUT2D eigenvalue weighted by Gasteiger charge is -2.37. The van der Waals surface area contributed by atoms with Crippen LogP contribution in [0.4, 0.5) is 0 Å². The van der Waals surface area contributed by atoms with Gasteiger partial charge in [0.05, 0.1) is 0 Å². The van der Waals surface area contributed by atoms with Crippen molar-refractivity contribution in [3.63, 3.8) is 0 Å². The van der Waals surface area contributed by atoms with Crippen LogP contribution in [0.25, 0.3) is 0 Å². The van der Waals surface area contributed by atoms with Crippen LogP contribution in [0.2, 0.25) is 0 Å². The molecule has 2 heteroatoms. The Morgan fingerprint density at radius 2 is 2.17 bits per heavy atom. The van der Waals surface area contributed by atoms with E-state index in [4.69, 9.17) is 6.42 Å². The largest absolute Gasteiger partial charge is 0.343 e. The van der Waals surface area contributed by atoms with E-state index in [1.165, 1.54) is 0 Å². The van der Waals surface area contributed by atoms with E-state index in [1.807, 2.05) is 0 Å². The van der Waals surface area contributed by atoms with Crippen molar-refractivity contribution in [3.8, 4) is 12.3 Å². The molecular formula is C10H15NO. The maximum absolute atomic E-state index is 10.7. The van der Waals surface area contributed by atoms with Gasteiger partial charge in [-0.3, -0.25) is 4.79 Å². The van der Waals surface area contributed by atoms with E-state index in [0.29, 0.717) is 6.04 Å². The Labute approximate surface area is 73.7 Å². The second-order valence-corrected chi connectivity index (χ2v) is 3.79. The molecule has 1 saturated carbocycles. The van der Waals surface area contributed by atoms with Crippen LogP contribution in [0.15, 0.2) is 0 Å². The van der Waals surface area contributed by atoms with Crippen molar-refractivity contribution in [1.29, 1.82) is 0 Å². The molecule has 0 heterocycles. The van der Waals surface area contributed by atoms with Crippen molar-refractivity contribution >= 4 is 5.91 Å². The van der Waals surface area contributed by atoms with Gasteiger partial charge in [-0.05, 0) is 30.6 Å². The van der Waals surface area contributed by atoms with Crippen LogP contribution in [0.3, 0.4) is 0 Å². The van der Waals surface area contributed by atoms with Crippen LogP contribution < -0.4 is 5.32 Å². The summed E-state index contributed by atoms with van der Waals surface area (Å²) >= 11 is 0. The molecule has 0 atom stereocenters. The summed E-state index contributed by atoms with van der Waals surface area (Å²) in [5.41, 5.74) is 0. The van der Waals surface area contributed by atoms with Crippen molar-refractivity contribution in [3.05, 3.63) is 0 Å². The first-order valence-electron chi connectivity index (χ1n) is 4.40. The molecule has 0 spiro atoms. The van der Waals surface area contributed by atoms with Crippen LogP contribution in [-0.2, 0) is 4.79 Å². The summed E-state index contributed by atoms with van der Waals surface area (Å²) in [6.07, 6.45) is 7.11. The monoisotopic (exact) mass is 165 g/mol. The Kier molecular flexibility index (Phi) is 2.75. The van der Waals surface area contributed by atoms with Crippen LogP contribution in [0.1, 0.15) is 26.7 Å². The van der Waals surface area contributed by atoms with E-state index in [2.05, 4.69) is 25.1 Å². The molecule has 0 radical (unpaired) electrons. The predicted octanol–water partition coefficient (Wildman–Crippen LogP) is 1.17. The minimum atomic E-state index is -0.276. The van der Waals surface area contributed by atoms with Crippen LogP contribution in [0, 0.1) is 24.2 Å². The molecule has 0 aliphatic heterocycles. The van der Waals surface area contributed by atoms with Crippen molar-refractivity contribution in [2.24, 2.45) is 11.8 Å². The fraction of sp³-hybridized carbons (Fsp3) is 0.700. The Hall–Kier alpha value is -0.970. The molecule has 66 valence electrons. The van der Waals surface area contributed by atoms with Crippen LogP contribution in [-0.4, -0.2) is 11.9 Å². The number of rotatable bonds is 2. The molecule has 1 amide bonds. The van der Waals surface area contributed by atoms with E-state index in [9.17, 15) is 4.79 Å². The summed E-state index contributed by atoms with van der Waals surface area (Å²) in [7, 11) is 0. The van der Waals surface area contributed by atoms with Gasteiger partial charge in [0.25, 0.3) is 5.91 Å². The number of carbonyl (C=O) groups excluding carboxylic acids is 1. The summed E-state index contributed by atoms with van der Waals surface area (Å²) in [4.78, 5) is 10.7. The van der Waals surface area contributed by atoms with Gasteiger partial charge in [0, 0.05) is 6.04 Å². The van der Waals surface area contributed by atoms with Gasteiger partial charge in [0.1, 0.15) is 0 Å². The van der Waals surface area contributed by atoms with Gasteiger partial charge in [-0.1, -0.05) is 13.8 Å². The minimum absolute atomic E-state index is 0.276. The van der Waals surface area contributed by atoms with Crippen molar-refractivity contribution < 1.29 is 4.79 Å². The summed E-state index contributed by atoms with van der Waals surface area (Å²) in [6, 6.07) is 0.334. The molecule has 0 unspecified atom stereocenters. The zero-order valence-corrected chi connectivity index (χ0v) is 7.63. The third kappa shape index (κ3) is 2.01. The van der Waals surface area contributed by atoms with Crippen LogP contribution in [0.5, 0.6) is 0 Å². The molecule has 1 fully saturated rings. The highest BCUT2D eigenvalue weighted by Gasteiger charge is 2.31. The lowest BCUT2D eigenvalue weighted by Crippen LogP contribution is -2.45. The Morgan fingerprint density at radius 1 is 1.58 bits per heavy atom. The topological polar surface area (TPSA) is 29.1 Å². The third-order valence-electron chi connectivity index (χ3n) is 2.58. The van der Waals surface area contributed by atoms with Gasteiger partial charge >= 0.3 is 0 Å². The molecule has 0 saturated heterocycles. The molecule has 1 rings (SSSR count). The standard InChI is InChI=1S/C10H15NO/c1-4-10(12)11-9-5-8(6-9)7(2)3/h1,7-9H,5-6H2,2-3H3,(H,11,12). The van der Waals surface area contributed by atoms with E-state index in [1.54, 1.807) is 0 Å². The number of carbonyl (C=O) groups is 1. The second-order valence-electron chi connectivity index (χ2n) is 3.79. The summed E-state index contributed by atoms with van der Waals surface area (Å²) in [6.45, 7) is 4.42. The highest BCUT2D eigenvalue weighted by Crippen LogP contribution is 2.33. The molecule has 0 aromatic heterocycles. The molecule has 0 aromatic rings. The molecular weight excluding hydrogens is 150 g/mol. The second kappa shape index (κ2) is 3.62. The molecule has 1 aliphatic carbocycles. The lowest BCUT2D eigenvalue weighted by molar-refractivity contribution is -0.117. The molecule has 2 nitrogen and oxygen atoms in total. The Morgan fingerprint density at radius 3 is 2.58 bits per heavy atom. The van der Waals surface area contributed by atoms with Gasteiger partial charge in [-0.15, -0.1) is 6.42 Å². The Balaban J connectivity index is 2.19. The molecule has 1 aliphatic rings. The lowest BCUT2D eigenvalue weighted by atomic mass is 9.74. The van der Waals surface area contributed by atoms with Crippen molar-refractivity contribution in [2.75, 3.05) is 0 Å². The molecule has 0 bridgehead atoms. The fourth-order valence-electron chi connectivity index (χ4n) is 1.55. The highest BCUT2D eigenvalue weighted by atomic mass is 16.1. The first-order chi connectivity index (χ1) is 5.63. The maximum Gasteiger partial charge on any atom is 0.295 e. The van der Waals surface area contributed by atoms with E-state index in [0.717, 1.165) is 24.7 Å². The molecule has 0 aromatic carbocycles. The van der Waals surface area contributed by atoms with Crippen LogP contribution >= 0.6 is 0 Å². The quantitative estimate of drug-likeness (QED) is 0.611. The van der Waals surface area contributed by atoms with Gasteiger partial charge in [-0.25, -0.2) is 0 Å². The number of nitrogens with one attached hydrogen (secondary N) is 1. The maximum atomic E-state index is 10.7. The first kappa shape index (κ1) is 9.12. The number of hydrogen-bond donors (Lipinski definition) is 1. The van der Waals surface area contributed by atoms with Gasteiger partial charge < -0.3 is 5.32 Å². The van der Waals surface area contributed by atoms with Crippen molar-refractivity contribution in [1.82, 2.24) is 5.32 Å². The number of terminal acetylenes is 1. The highest BCUT2D eigenvalue weighted by molar-refractivity contribution is 5.93. The number of hydrogen-bond acceptors (Lipinski definition) is 1. The average molecular weight is 165 g/mol. The molecule has 12 heavy (non-hydrogen) atoms. The third-order valence-corrected chi connectivity index (χ3v) is 2.58. The summed E-state index contributed by atoms with van der Waals surface area (Å²) in [5, 5.41) is 2.78. The van der Waals surface area contributed by atoms with Gasteiger partial charge in [0.2, 0.25) is 0 Å². The predicted molar refractivity (Wildman–Crippen MR) is 48.3 cm³/mol. The fourth-order valence-corrected chi connectivity index (χ4v) is 1.55. The van der Waals surface area contributed by atoms with E-state index < -0.39 is 0 Å². The van der Waals surface area contributed by atoms with Gasteiger partial charge in [0.15, 0.2) is 0 Å². The first-order valence-corrected chi connectivity index (χ1v) is 4.40. The SMILES string of the molecule is C#CC(=O)NC1CC(C(C)C)C1. The summed E-state index contributed by atoms with van der Waals surface area (Å²) < 4.78 is 0. The van der Waals surface area contributed by atoms with E-state index >= 15 is 0 Å². The zero-order valence-electron chi connectivity index (χ0n) is 7.63. The minimum Gasteiger partial charge on any atom is -0.343 e. The number of amides is 1. The zero-order chi connectivity index (χ0) is 9.14. The average Bonchev–Trinajstić information content (AvgIpc) is 1.94.